The topological polar surface area (TPSA) is 114 Å². The highest BCUT2D eigenvalue weighted by molar-refractivity contribution is 9.10. The molecule has 1 amide bonds. The minimum Gasteiger partial charge on any atom is -0.485 e. The van der Waals surface area contributed by atoms with Gasteiger partial charge in [-0.15, -0.1) is 0 Å². The molecule has 0 unspecified atom stereocenters. The van der Waals surface area contributed by atoms with E-state index >= 15 is 0 Å². The average Bonchev–Trinajstić information content (AvgIpc) is 2.92. The third kappa shape index (κ3) is 5.79. The first kappa shape index (κ1) is 27.1. The Balaban J connectivity index is 1.52. The van der Waals surface area contributed by atoms with Crippen LogP contribution in [0.25, 0.3) is 11.0 Å². The van der Waals surface area contributed by atoms with Crippen LogP contribution in [0.4, 0.5) is 5.69 Å². The quantitative estimate of drug-likeness (QED) is 0.267. The van der Waals surface area contributed by atoms with Crippen LogP contribution < -0.4 is 25.0 Å². The molecule has 38 heavy (non-hydrogen) atoms. The van der Waals surface area contributed by atoms with Crippen LogP contribution in [0.15, 0.2) is 58.1 Å². The van der Waals surface area contributed by atoms with Gasteiger partial charge < -0.3 is 28.8 Å². The number of nitrogens with zero attached hydrogens (tertiary/aromatic N) is 3. The molecule has 0 aliphatic carbocycles. The van der Waals surface area contributed by atoms with Crippen LogP contribution in [0.3, 0.4) is 0 Å². The molecule has 1 aromatic carbocycles. The lowest BCUT2D eigenvalue weighted by molar-refractivity contribution is 0.102. The number of halogens is 1. The monoisotopic (exact) mass is 582 g/mol. The zero-order chi connectivity index (χ0) is 27.2. The van der Waals surface area contributed by atoms with Gasteiger partial charge in [0, 0.05) is 50.1 Å². The van der Waals surface area contributed by atoms with Crippen molar-refractivity contribution in [3.63, 3.8) is 0 Å². The Morgan fingerprint density at radius 1 is 1.11 bits per heavy atom. The largest absolute Gasteiger partial charge is 0.485 e. The molecule has 0 aliphatic rings. The summed E-state index contributed by atoms with van der Waals surface area (Å²) in [4.78, 5) is 34.4. The van der Waals surface area contributed by atoms with Crippen molar-refractivity contribution >= 4 is 38.6 Å². The molecule has 0 saturated carbocycles. The average molecular weight is 583 g/mol. The van der Waals surface area contributed by atoms with E-state index in [0.29, 0.717) is 64.0 Å². The van der Waals surface area contributed by atoms with Gasteiger partial charge in [-0.1, -0.05) is 6.92 Å². The van der Waals surface area contributed by atoms with E-state index in [9.17, 15) is 9.59 Å². The Bertz CT molecular complexity index is 1520. The number of fused-ring (bicyclic) bond motifs is 1. The van der Waals surface area contributed by atoms with E-state index in [-0.39, 0.29) is 11.0 Å². The normalized spacial score (nSPS) is 10.9. The van der Waals surface area contributed by atoms with E-state index in [0.717, 1.165) is 5.69 Å². The van der Waals surface area contributed by atoms with Crippen molar-refractivity contribution < 1.29 is 23.7 Å². The van der Waals surface area contributed by atoms with Gasteiger partial charge in [-0.3, -0.25) is 14.6 Å². The maximum absolute atomic E-state index is 12.8. The minimum atomic E-state index is -0.498. The number of rotatable bonds is 10. The fourth-order valence-corrected chi connectivity index (χ4v) is 4.59. The number of pyridine rings is 3. The number of carbonyl (C=O) groups is 1. The minimum absolute atomic E-state index is 0.0470. The lowest BCUT2D eigenvalue weighted by Gasteiger charge is -2.13. The fraction of sp³-hybridized carbons (Fsp3) is 0.259. The summed E-state index contributed by atoms with van der Waals surface area (Å²) in [7, 11) is 4.90. The number of amides is 1. The molecule has 0 saturated heterocycles. The summed E-state index contributed by atoms with van der Waals surface area (Å²) in [6.07, 6.45) is 3.82. The summed E-state index contributed by atoms with van der Waals surface area (Å²) in [6, 6.07) is 10.2. The molecule has 10 nitrogen and oxygen atoms in total. The number of hydrogen-bond acceptors (Lipinski definition) is 8. The molecular weight excluding hydrogens is 556 g/mol. The number of ether oxygens (including phenoxy) is 4. The second-order valence-electron chi connectivity index (χ2n) is 8.19. The molecule has 11 heteroatoms. The molecule has 3 aromatic heterocycles. The van der Waals surface area contributed by atoms with Crippen molar-refractivity contribution in [2.24, 2.45) is 7.05 Å². The molecule has 4 aromatic rings. The van der Waals surface area contributed by atoms with E-state index in [4.69, 9.17) is 18.9 Å². The summed E-state index contributed by atoms with van der Waals surface area (Å²) >= 11 is 3.32. The maximum atomic E-state index is 12.8. The van der Waals surface area contributed by atoms with Gasteiger partial charge in [0.15, 0.2) is 11.5 Å². The number of nitrogens with one attached hydrogen (secondary N) is 1. The van der Waals surface area contributed by atoms with E-state index < -0.39 is 5.91 Å². The van der Waals surface area contributed by atoms with Crippen molar-refractivity contribution in [3.05, 3.63) is 74.7 Å². The molecule has 4 rings (SSSR count). The Kier molecular flexibility index (Phi) is 8.59. The lowest BCUT2D eigenvalue weighted by Crippen LogP contribution is -2.25. The number of carbonyl (C=O) groups excluding carboxylic acids is 1. The molecule has 3 heterocycles. The highest BCUT2D eigenvalue weighted by Crippen LogP contribution is 2.34. The first-order valence-electron chi connectivity index (χ1n) is 11.8. The van der Waals surface area contributed by atoms with E-state index in [1.807, 2.05) is 6.92 Å². The van der Waals surface area contributed by atoms with Crippen molar-refractivity contribution in [2.45, 2.75) is 13.3 Å². The third-order valence-electron chi connectivity index (χ3n) is 5.71. The van der Waals surface area contributed by atoms with Crippen LogP contribution in [0, 0.1) is 0 Å². The van der Waals surface area contributed by atoms with E-state index in [1.165, 1.54) is 7.11 Å². The molecule has 0 spiro atoms. The number of anilines is 1. The van der Waals surface area contributed by atoms with E-state index in [1.54, 1.807) is 67.5 Å². The standard InChI is InChI=1S/C27H27BrN4O6/c1-5-20-23(28)25(33)18(15-32(20)2)26(34)30-16-6-8-17(9-7-16)38-21-10-11-29-19-14-22(37-13-12-35-3)27(36-4)31-24(19)21/h6-11,14-15H,5,12-13H2,1-4H3,(H,30,34). The van der Waals surface area contributed by atoms with Crippen molar-refractivity contribution in [1.29, 1.82) is 0 Å². The highest BCUT2D eigenvalue weighted by atomic mass is 79.9. The zero-order valence-electron chi connectivity index (χ0n) is 21.4. The first-order valence-corrected chi connectivity index (χ1v) is 12.6. The van der Waals surface area contributed by atoms with E-state index in [2.05, 4.69) is 31.2 Å². The smallest absolute Gasteiger partial charge is 0.261 e. The van der Waals surface area contributed by atoms with Crippen molar-refractivity contribution in [1.82, 2.24) is 14.5 Å². The van der Waals surface area contributed by atoms with Crippen molar-refractivity contribution in [2.75, 3.05) is 32.8 Å². The van der Waals surface area contributed by atoms with Gasteiger partial charge in [0.25, 0.3) is 11.8 Å². The van der Waals surface area contributed by atoms with Gasteiger partial charge in [0.2, 0.25) is 5.43 Å². The predicted molar refractivity (Wildman–Crippen MR) is 147 cm³/mol. The Hall–Kier alpha value is -3.96. The summed E-state index contributed by atoms with van der Waals surface area (Å²) in [5.41, 5.74) is 2.10. The molecule has 0 atom stereocenters. The third-order valence-corrected chi connectivity index (χ3v) is 6.53. The second-order valence-corrected chi connectivity index (χ2v) is 8.98. The van der Waals surface area contributed by atoms with Crippen LogP contribution in [-0.4, -0.2) is 47.9 Å². The number of hydrogen-bond donors (Lipinski definition) is 1. The molecule has 0 aliphatic heterocycles. The lowest BCUT2D eigenvalue weighted by atomic mass is 10.2. The summed E-state index contributed by atoms with van der Waals surface area (Å²) in [5.74, 6) is 1.24. The van der Waals surface area contributed by atoms with Crippen LogP contribution >= 0.6 is 15.9 Å². The Morgan fingerprint density at radius 3 is 2.55 bits per heavy atom. The van der Waals surface area contributed by atoms with Gasteiger partial charge in [-0.05, 0) is 46.6 Å². The Labute approximate surface area is 227 Å². The van der Waals surface area contributed by atoms with Crippen molar-refractivity contribution in [3.8, 4) is 23.1 Å². The number of aryl methyl sites for hydroxylation is 1. The van der Waals surface area contributed by atoms with Gasteiger partial charge >= 0.3 is 0 Å². The zero-order valence-corrected chi connectivity index (χ0v) is 23.0. The molecule has 0 bridgehead atoms. The predicted octanol–water partition coefficient (Wildman–Crippen LogP) is 4.73. The molecule has 1 N–H and O–H groups in total. The first-order chi connectivity index (χ1) is 18.4. The number of methoxy groups -OCH3 is 2. The number of benzene rings is 1. The summed E-state index contributed by atoms with van der Waals surface area (Å²) < 4.78 is 24.3. The van der Waals surface area contributed by atoms with Crippen LogP contribution in [0.1, 0.15) is 23.0 Å². The number of aromatic nitrogens is 3. The van der Waals surface area contributed by atoms with Crippen LogP contribution in [0.5, 0.6) is 23.1 Å². The van der Waals surface area contributed by atoms with Gasteiger partial charge in [0.1, 0.15) is 23.4 Å². The highest BCUT2D eigenvalue weighted by Gasteiger charge is 2.17. The molecule has 0 fully saturated rings. The Morgan fingerprint density at radius 2 is 1.87 bits per heavy atom. The van der Waals surface area contributed by atoms with Gasteiger partial charge in [-0.25, -0.2) is 4.98 Å². The van der Waals surface area contributed by atoms with Crippen LogP contribution in [0.2, 0.25) is 0 Å². The molecular formula is C27H27BrN4O6. The maximum Gasteiger partial charge on any atom is 0.261 e. The second kappa shape index (κ2) is 12.1. The SMILES string of the molecule is CCc1c(Br)c(=O)c(C(=O)Nc2ccc(Oc3ccnc4cc(OCCOC)c(OC)nc34)cc2)cn1C. The molecule has 0 radical (unpaired) electrons. The van der Waals surface area contributed by atoms with Crippen LogP contribution in [-0.2, 0) is 18.2 Å². The van der Waals surface area contributed by atoms with Gasteiger partial charge in [-0.2, -0.15) is 0 Å². The summed E-state index contributed by atoms with van der Waals surface area (Å²) in [6.45, 7) is 2.71. The van der Waals surface area contributed by atoms with Gasteiger partial charge in [0.05, 0.1) is 23.7 Å². The summed E-state index contributed by atoms with van der Waals surface area (Å²) in [5, 5.41) is 2.76. The molecule has 198 valence electrons. The fourth-order valence-electron chi connectivity index (χ4n) is 3.81.